The normalized spacial score (nSPS) is 11.9. The van der Waals surface area contributed by atoms with Gasteiger partial charge in [0.25, 0.3) is 0 Å². The van der Waals surface area contributed by atoms with E-state index >= 15 is 0 Å². The molecule has 1 unspecified atom stereocenters. The number of carboxylic acids is 1. The third-order valence-corrected chi connectivity index (χ3v) is 2.13. The van der Waals surface area contributed by atoms with Crippen molar-refractivity contribution in [1.29, 1.82) is 0 Å². The lowest BCUT2D eigenvalue weighted by molar-refractivity contribution is -0.137. The van der Waals surface area contributed by atoms with Gasteiger partial charge in [-0.05, 0) is 20.3 Å². The highest BCUT2D eigenvalue weighted by Crippen LogP contribution is 2.12. The number of carbonyl (C=O) groups is 1. The molecule has 0 saturated heterocycles. The zero-order valence-corrected chi connectivity index (χ0v) is 10.3. The van der Waals surface area contributed by atoms with Gasteiger partial charge in [-0.1, -0.05) is 6.92 Å². The van der Waals surface area contributed by atoms with Crippen LogP contribution in [0.1, 0.15) is 26.1 Å². The van der Waals surface area contributed by atoms with E-state index in [1.807, 2.05) is 0 Å². The molecule has 0 aliphatic rings. The van der Waals surface area contributed by atoms with Crippen molar-refractivity contribution in [3.63, 3.8) is 0 Å². The maximum absolute atomic E-state index is 10.7. The summed E-state index contributed by atoms with van der Waals surface area (Å²) in [6.45, 7) is 6.23. The molecule has 6 nitrogen and oxygen atoms in total. The lowest BCUT2D eigenvalue weighted by atomic mass is 10.3. The Bertz CT molecular complexity index is 395. The van der Waals surface area contributed by atoms with Crippen LogP contribution in [0, 0.1) is 6.92 Å². The summed E-state index contributed by atoms with van der Waals surface area (Å²) >= 11 is 0. The van der Waals surface area contributed by atoms with E-state index in [9.17, 15) is 4.79 Å². The van der Waals surface area contributed by atoms with E-state index in [1.54, 1.807) is 19.9 Å². The molecular weight excluding hydrogens is 220 g/mol. The second-order valence-electron chi connectivity index (χ2n) is 3.82. The molecule has 1 aromatic heterocycles. The summed E-state index contributed by atoms with van der Waals surface area (Å²) in [5, 5.41) is 14.7. The lowest BCUT2D eigenvalue weighted by Crippen LogP contribution is -2.26. The van der Waals surface area contributed by atoms with E-state index < -0.39 is 12.0 Å². The summed E-state index contributed by atoms with van der Waals surface area (Å²) in [6.07, 6.45) is 0.997. The highest BCUT2D eigenvalue weighted by molar-refractivity contribution is 5.76. The number of nitrogens with zero attached hydrogens (tertiary/aromatic N) is 2. The monoisotopic (exact) mass is 238 g/mol. The molecule has 3 N–H and O–H groups in total. The van der Waals surface area contributed by atoms with Gasteiger partial charge in [0.1, 0.15) is 23.5 Å². The van der Waals surface area contributed by atoms with Crippen LogP contribution in [0.25, 0.3) is 0 Å². The molecule has 0 spiro atoms. The summed E-state index contributed by atoms with van der Waals surface area (Å²) < 4.78 is 0. The fourth-order valence-electron chi connectivity index (χ4n) is 1.27. The quantitative estimate of drug-likeness (QED) is 0.696. The maximum atomic E-state index is 10.7. The molecule has 0 aromatic carbocycles. The topological polar surface area (TPSA) is 87.1 Å². The number of hydrogen-bond donors (Lipinski definition) is 3. The SMILES string of the molecule is CCCNc1cc(NC(C)C(=O)O)nc(C)n1. The Morgan fingerprint density at radius 2 is 2.12 bits per heavy atom. The van der Waals surface area contributed by atoms with Crippen LogP contribution >= 0.6 is 0 Å². The Morgan fingerprint density at radius 3 is 2.71 bits per heavy atom. The van der Waals surface area contributed by atoms with E-state index in [4.69, 9.17) is 5.11 Å². The molecule has 0 bridgehead atoms. The minimum atomic E-state index is -0.913. The van der Waals surface area contributed by atoms with Crippen LogP contribution in [0.5, 0.6) is 0 Å². The zero-order chi connectivity index (χ0) is 12.8. The summed E-state index contributed by atoms with van der Waals surface area (Å²) in [6, 6.07) is 1.03. The average Bonchev–Trinajstić information content (AvgIpc) is 2.25. The van der Waals surface area contributed by atoms with Crippen molar-refractivity contribution in [3.05, 3.63) is 11.9 Å². The van der Waals surface area contributed by atoms with E-state index in [2.05, 4.69) is 27.5 Å². The van der Waals surface area contributed by atoms with Crippen molar-refractivity contribution in [1.82, 2.24) is 9.97 Å². The predicted molar refractivity (Wildman–Crippen MR) is 66.3 cm³/mol. The van der Waals surface area contributed by atoms with Gasteiger partial charge in [0.05, 0.1) is 0 Å². The van der Waals surface area contributed by atoms with Crippen molar-refractivity contribution >= 4 is 17.6 Å². The van der Waals surface area contributed by atoms with Crippen molar-refractivity contribution < 1.29 is 9.90 Å². The Morgan fingerprint density at radius 1 is 1.47 bits per heavy atom. The number of hydrogen-bond acceptors (Lipinski definition) is 5. The first-order valence-corrected chi connectivity index (χ1v) is 5.61. The first-order chi connectivity index (χ1) is 8.02. The van der Waals surface area contributed by atoms with Gasteiger partial charge in [0.2, 0.25) is 0 Å². The summed E-state index contributed by atoms with van der Waals surface area (Å²) in [7, 11) is 0. The Balaban J connectivity index is 2.78. The van der Waals surface area contributed by atoms with Crippen LogP contribution in [-0.4, -0.2) is 33.6 Å². The number of aryl methyl sites for hydroxylation is 1. The molecule has 0 aliphatic carbocycles. The molecule has 1 atom stereocenters. The number of anilines is 2. The standard InChI is InChI=1S/C11H18N4O2/c1-4-5-12-9-6-10(15-8(3)14-9)13-7(2)11(16)17/h6-7H,4-5H2,1-3H3,(H,16,17)(H2,12,13,14,15). The fourth-order valence-corrected chi connectivity index (χ4v) is 1.27. The minimum Gasteiger partial charge on any atom is -0.480 e. The summed E-state index contributed by atoms with van der Waals surface area (Å²) in [5.74, 6) is 0.918. The molecule has 17 heavy (non-hydrogen) atoms. The third kappa shape index (κ3) is 4.26. The van der Waals surface area contributed by atoms with E-state index in [0.717, 1.165) is 13.0 Å². The third-order valence-electron chi connectivity index (χ3n) is 2.13. The largest absolute Gasteiger partial charge is 0.480 e. The highest BCUT2D eigenvalue weighted by Gasteiger charge is 2.11. The van der Waals surface area contributed by atoms with Gasteiger partial charge in [-0.25, -0.2) is 9.97 Å². The van der Waals surface area contributed by atoms with Crippen molar-refractivity contribution in [2.24, 2.45) is 0 Å². The highest BCUT2D eigenvalue weighted by atomic mass is 16.4. The van der Waals surface area contributed by atoms with Crippen LogP contribution in [-0.2, 0) is 4.79 Å². The van der Waals surface area contributed by atoms with Gasteiger partial charge in [-0.3, -0.25) is 4.79 Å². The Kier molecular flexibility index (Phi) is 4.68. The van der Waals surface area contributed by atoms with Crippen LogP contribution < -0.4 is 10.6 Å². The molecule has 6 heteroatoms. The van der Waals surface area contributed by atoms with E-state index in [0.29, 0.717) is 17.5 Å². The van der Waals surface area contributed by atoms with Gasteiger partial charge >= 0.3 is 5.97 Å². The number of nitrogens with one attached hydrogen (secondary N) is 2. The van der Waals surface area contributed by atoms with Gasteiger partial charge in [0.15, 0.2) is 0 Å². The van der Waals surface area contributed by atoms with Gasteiger partial charge in [-0.2, -0.15) is 0 Å². The van der Waals surface area contributed by atoms with Crippen LogP contribution in [0.4, 0.5) is 11.6 Å². The molecule has 0 radical (unpaired) electrons. The average molecular weight is 238 g/mol. The molecular formula is C11H18N4O2. The molecule has 0 saturated carbocycles. The van der Waals surface area contributed by atoms with Gasteiger partial charge in [-0.15, -0.1) is 0 Å². The number of rotatable bonds is 6. The number of carboxylic acid groups (broad SMARTS) is 1. The Hall–Kier alpha value is -1.85. The van der Waals surface area contributed by atoms with Gasteiger partial charge in [0, 0.05) is 12.6 Å². The van der Waals surface area contributed by atoms with Crippen LogP contribution in [0.3, 0.4) is 0 Å². The van der Waals surface area contributed by atoms with E-state index in [1.165, 1.54) is 0 Å². The van der Waals surface area contributed by atoms with Crippen molar-refractivity contribution in [2.75, 3.05) is 17.2 Å². The molecule has 0 fully saturated rings. The predicted octanol–water partition coefficient (Wildman–Crippen LogP) is 1.49. The number of aliphatic carboxylic acids is 1. The van der Waals surface area contributed by atoms with Crippen molar-refractivity contribution in [2.45, 2.75) is 33.2 Å². The lowest BCUT2D eigenvalue weighted by Gasteiger charge is -2.12. The minimum absolute atomic E-state index is 0.519. The summed E-state index contributed by atoms with van der Waals surface area (Å²) in [5.41, 5.74) is 0. The Labute approximate surface area is 100 Å². The van der Waals surface area contributed by atoms with Gasteiger partial charge < -0.3 is 15.7 Å². The number of aromatic nitrogens is 2. The van der Waals surface area contributed by atoms with Crippen molar-refractivity contribution in [3.8, 4) is 0 Å². The molecule has 0 aliphatic heterocycles. The zero-order valence-electron chi connectivity index (χ0n) is 10.3. The fraction of sp³-hybridized carbons (Fsp3) is 0.545. The second-order valence-corrected chi connectivity index (χ2v) is 3.82. The molecule has 1 heterocycles. The first-order valence-electron chi connectivity index (χ1n) is 5.61. The molecule has 0 amide bonds. The van der Waals surface area contributed by atoms with E-state index in [-0.39, 0.29) is 0 Å². The van der Waals surface area contributed by atoms with Crippen LogP contribution in [0.15, 0.2) is 6.07 Å². The smallest absolute Gasteiger partial charge is 0.325 e. The molecule has 94 valence electrons. The molecule has 1 aromatic rings. The molecule has 1 rings (SSSR count). The maximum Gasteiger partial charge on any atom is 0.325 e. The summed E-state index contributed by atoms with van der Waals surface area (Å²) in [4.78, 5) is 19.1. The second kappa shape index (κ2) is 6.03. The van der Waals surface area contributed by atoms with Crippen LogP contribution in [0.2, 0.25) is 0 Å². The first kappa shape index (κ1) is 13.2.